The largest absolute Gasteiger partial charge is 0.390 e. The molecule has 0 saturated heterocycles. The topological polar surface area (TPSA) is 74.2 Å². The predicted octanol–water partition coefficient (Wildman–Crippen LogP) is 5.22. The minimum absolute atomic E-state index is 0.0218. The summed E-state index contributed by atoms with van der Waals surface area (Å²) in [6, 6.07) is 19.0. The lowest BCUT2D eigenvalue weighted by molar-refractivity contribution is 0.0825. The van der Waals surface area contributed by atoms with Crippen molar-refractivity contribution in [2.45, 2.75) is 38.5 Å². The molecule has 0 bridgehead atoms. The van der Waals surface area contributed by atoms with Crippen LogP contribution in [0.5, 0.6) is 0 Å². The van der Waals surface area contributed by atoms with E-state index in [4.69, 9.17) is 11.6 Å². The van der Waals surface area contributed by atoms with Gasteiger partial charge in [0.05, 0.1) is 17.7 Å². The van der Waals surface area contributed by atoms with Crippen LogP contribution in [0.3, 0.4) is 0 Å². The number of nitrogens with one attached hydrogen (secondary N) is 2. The van der Waals surface area contributed by atoms with Crippen LogP contribution >= 0.6 is 11.6 Å². The molecule has 8 heteroatoms. The van der Waals surface area contributed by atoms with Gasteiger partial charge in [-0.1, -0.05) is 54.9 Å². The van der Waals surface area contributed by atoms with E-state index in [1.807, 2.05) is 12.1 Å². The molecule has 3 N–H and O–H groups in total. The lowest BCUT2D eigenvalue weighted by Crippen LogP contribution is -2.48. The lowest BCUT2D eigenvalue weighted by Gasteiger charge is -2.25. The minimum Gasteiger partial charge on any atom is -0.390 e. The smallest absolute Gasteiger partial charge is 0.270 e. The Kier molecular flexibility index (Phi) is 8.82. The van der Waals surface area contributed by atoms with E-state index in [2.05, 4.69) is 34.7 Å². The van der Waals surface area contributed by atoms with Crippen LogP contribution in [-0.2, 0) is 19.4 Å². The average molecular weight is 524 g/mol. The first kappa shape index (κ1) is 26.7. The molecule has 1 heterocycles. The van der Waals surface area contributed by atoms with Crippen molar-refractivity contribution in [2.75, 3.05) is 6.54 Å². The highest BCUT2D eigenvalue weighted by molar-refractivity contribution is 6.31. The number of pyridine rings is 1. The summed E-state index contributed by atoms with van der Waals surface area (Å²) in [4.78, 5) is 17.5. The second-order valence-electron chi connectivity index (χ2n) is 8.97. The average Bonchev–Trinajstić information content (AvgIpc) is 2.87. The molecule has 0 aliphatic carbocycles. The van der Waals surface area contributed by atoms with Crippen molar-refractivity contribution in [3.05, 3.63) is 112 Å². The molecule has 0 aliphatic heterocycles. The zero-order valence-electron chi connectivity index (χ0n) is 20.3. The van der Waals surface area contributed by atoms with Crippen LogP contribution in [0, 0.1) is 11.6 Å². The third-order valence-corrected chi connectivity index (χ3v) is 6.36. The quantitative estimate of drug-likeness (QED) is 0.266. The fraction of sp³-hybridized carbons (Fsp3) is 0.241. The highest BCUT2D eigenvalue weighted by Crippen LogP contribution is 2.18. The number of aliphatic hydroxyl groups excluding tert-OH is 1. The summed E-state index contributed by atoms with van der Waals surface area (Å²) in [6.45, 7) is 2.75. The summed E-state index contributed by atoms with van der Waals surface area (Å²) in [5.74, 6) is -1.97. The zero-order valence-corrected chi connectivity index (χ0v) is 21.1. The number of nitrogens with zero attached hydrogens (tertiary/aromatic N) is 1. The van der Waals surface area contributed by atoms with E-state index in [0.29, 0.717) is 22.6 Å². The molecule has 4 rings (SSSR count). The van der Waals surface area contributed by atoms with Gasteiger partial charge in [0.2, 0.25) is 0 Å². The molecule has 0 spiro atoms. The minimum atomic E-state index is -1.04. The van der Waals surface area contributed by atoms with Crippen LogP contribution in [0.2, 0.25) is 5.02 Å². The number of halogens is 3. The Morgan fingerprint density at radius 2 is 1.70 bits per heavy atom. The Bertz CT molecular complexity index is 1380. The Balaban J connectivity index is 1.50. The van der Waals surface area contributed by atoms with E-state index in [-0.39, 0.29) is 18.7 Å². The number of rotatable bonds is 10. The maximum atomic E-state index is 13.8. The summed E-state index contributed by atoms with van der Waals surface area (Å²) in [6.07, 6.45) is -0.0999. The van der Waals surface area contributed by atoms with Gasteiger partial charge < -0.3 is 15.7 Å². The molecule has 0 unspecified atom stereocenters. The second kappa shape index (κ2) is 12.2. The van der Waals surface area contributed by atoms with E-state index in [1.165, 1.54) is 17.7 Å². The first-order valence-electron chi connectivity index (χ1n) is 12.1. The van der Waals surface area contributed by atoms with Crippen molar-refractivity contribution in [1.29, 1.82) is 0 Å². The van der Waals surface area contributed by atoms with E-state index >= 15 is 0 Å². The number of carbonyl (C=O) groups excluding carboxylic acids is 1. The van der Waals surface area contributed by atoms with Crippen molar-refractivity contribution in [3.8, 4) is 0 Å². The van der Waals surface area contributed by atoms with Crippen molar-refractivity contribution in [1.82, 2.24) is 15.6 Å². The van der Waals surface area contributed by atoms with Crippen molar-refractivity contribution in [2.24, 2.45) is 0 Å². The van der Waals surface area contributed by atoms with Crippen LogP contribution in [0.1, 0.15) is 34.1 Å². The summed E-state index contributed by atoms with van der Waals surface area (Å²) < 4.78 is 27.6. The first-order chi connectivity index (χ1) is 17.8. The van der Waals surface area contributed by atoms with Gasteiger partial charge in [-0.15, -0.1) is 0 Å². The molecule has 0 fully saturated rings. The molecule has 2 atom stereocenters. The van der Waals surface area contributed by atoms with Gasteiger partial charge in [-0.05, 0) is 59.9 Å². The van der Waals surface area contributed by atoms with Gasteiger partial charge in [-0.3, -0.25) is 4.79 Å². The Morgan fingerprint density at radius 1 is 0.973 bits per heavy atom. The van der Waals surface area contributed by atoms with Crippen LogP contribution in [0.15, 0.2) is 72.8 Å². The number of hydrogen-bond acceptors (Lipinski definition) is 4. The number of fused-ring (bicyclic) bond motifs is 1. The molecule has 37 heavy (non-hydrogen) atoms. The third kappa shape index (κ3) is 7.32. The Labute approximate surface area is 219 Å². The van der Waals surface area contributed by atoms with Crippen molar-refractivity contribution in [3.63, 3.8) is 0 Å². The van der Waals surface area contributed by atoms with E-state index in [0.717, 1.165) is 23.4 Å². The van der Waals surface area contributed by atoms with Crippen LogP contribution in [0.4, 0.5) is 8.78 Å². The van der Waals surface area contributed by atoms with Crippen molar-refractivity contribution >= 4 is 28.4 Å². The number of amides is 1. The van der Waals surface area contributed by atoms with Gasteiger partial charge in [0.25, 0.3) is 5.91 Å². The second-order valence-corrected chi connectivity index (χ2v) is 9.40. The Morgan fingerprint density at radius 3 is 2.46 bits per heavy atom. The predicted molar refractivity (Wildman–Crippen MR) is 142 cm³/mol. The van der Waals surface area contributed by atoms with Crippen LogP contribution in [0.25, 0.3) is 10.9 Å². The molecule has 0 aliphatic rings. The van der Waals surface area contributed by atoms with Gasteiger partial charge in [0.1, 0.15) is 17.3 Å². The summed E-state index contributed by atoms with van der Waals surface area (Å²) >= 11 is 6.06. The number of benzene rings is 3. The molecule has 4 aromatic rings. The van der Waals surface area contributed by atoms with Gasteiger partial charge in [-0.2, -0.15) is 0 Å². The number of aryl methyl sites for hydroxylation is 1. The summed E-state index contributed by atoms with van der Waals surface area (Å²) in [7, 11) is 0. The van der Waals surface area contributed by atoms with Gasteiger partial charge >= 0.3 is 0 Å². The normalized spacial score (nSPS) is 12.9. The van der Waals surface area contributed by atoms with Crippen LogP contribution in [-0.4, -0.2) is 34.7 Å². The molecule has 192 valence electrons. The number of aromatic nitrogens is 1. The third-order valence-electron chi connectivity index (χ3n) is 6.13. The Hall–Kier alpha value is -3.39. The maximum Gasteiger partial charge on any atom is 0.270 e. The van der Waals surface area contributed by atoms with E-state index in [9.17, 15) is 18.7 Å². The molecule has 0 saturated carbocycles. The summed E-state index contributed by atoms with van der Waals surface area (Å²) in [5.41, 5.74) is 3.29. The number of carbonyl (C=O) groups is 1. The standard InChI is InChI=1S/C29H28ClF2N3O2/c1-2-18-4-3-5-19(10-18)16-33-17-28(36)27(13-20-11-23(31)15-24(32)12-20)35-29(37)25-9-7-21-6-8-22(30)14-26(21)34-25/h3-12,14-15,27-28,33,36H,2,13,16-17H2,1H3,(H,35,37)/t27-,28+/m0/s1. The molecular weight excluding hydrogens is 496 g/mol. The fourth-order valence-corrected chi connectivity index (χ4v) is 4.36. The zero-order chi connectivity index (χ0) is 26.4. The molecule has 0 radical (unpaired) electrons. The van der Waals surface area contributed by atoms with Crippen LogP contribution < -0.4 is 10.6 Å². The van der Waals surface area contributed by atoms with E-state index < -0.39 is 29.7 Å². The molecule has 1 amide bonds. The lowest BCUT2D eigenvalue weighted by atomic mass is 10.00. The molecule has 1 aromatic heterocycles. The maximum absolute atomic E-state index is 13.8. The highest BCUT2D eigenvalue weighted by Gasteiger charge is 2.23. The van der Waals surface area contributed by atoms with Gasteiger partial charge in [0, 0.05) is 29.6 Å². The molecule has 3 aromatic carbocycles. The summed E-state index contributed by atoms with van der Waals surface area (Å²) in [5, 5.41) is 18.3. The van der Waals surface area contributed by atoms with Gasteiger partial charge in [0.15, 0.2) is 0 Å². The monoisotopic (exact) mass is 523 g/mol. The molecular formula is C29H28ClF2N3O2. The molecule has 5 nitrogen and oxygen atoms in total. The van der Waals surface area contributed by atoms with E-state index in [1.54, 1.807) is 30.3 Å². The van der Waals surface area contributed by atoms with Crippen molar-refractivity contribution < 1.29 is 18.7 Å². The van der Waals surface area contributed by atoms with Gasteiger partial charge in [-0.25, -0.2) is 13.8 Å². The number of hydrogen-bond donors (Lipinski definition) is 3. The highest BCUT2D eigenvalue weighted by atomic mass is 35.5. The fourth-order valence-electron chi connectivity index (χ4n) is 4.19. The number of aliphatic hydroxyl groups is 1. The SMILES string of the molecule is CCc1cccc(CNC[C@@H](O)[C@H](Cc2cc(F)cc(F)c2)NC(=O)c2ccc3ccc(Cl)cc3n2)c1. The first-order valence-corrected chi connectivity index (χ1v) is 12.5.